The highest BCUT2D eigenvalue weighted by molar-refractivity contribution is 4.86. The molecule has 0 aliphatic rings. The van der Waals surface area contributed by atoms with Crippen LogP contribution in [0.25, 0.3) is 0 Å². The molecule has 0 amide bonds. The van der Waals surface area contributed by atoms with Crippen LogP contribution in [0.1, 0.15) is 32.0 Å². The summed E-state index contributed by atoms with van der Waals surface area (Å²) in [5.74, 6) is -0.821. The molecule has 1 aromatic rings. The van der Waals surface area contributed by atoms with Crippen molar-refractivity contribution in [2.45, 2.75) is 32.9 Å². The summed E-state index contributed by atoms with van der Waals surface area (Å²) in [5.41, 5.74) is 0. The van der Waals surface area contributed by atoms with Gasteiger partial charge in [0.2, 0.25) is 5.89 Å². The maximum atomic E-state index is 12.0. The van der Waals surface area contributed by atoms with E-state index in [2.05, 4.69) is 14.6 Å². The van der Waals surface area contributed by atoms with E-state index in [1.165, 1.54) is 0 Å². The van der Waals surface area contributed by atoms with Crippen LogP contribution in [-0.4, -0.2) is 10.2 Å². The molecule has 80 valence electrons. The molecule has 0 atom stereocenters. The van der Waals surface area contributed by atoms with E-state index in [0.29, 0.717) is 12.3 Å². The van der Waals surface area contributed by atoms with Crippen LogP contribution in [0.15, 0.2) is 4.42 Å². The average molecular weight is 208 g/mol. The third-order valence-electron chi connectivity index (χ3n) is 1.64. The molecule has 0 saturated carbocycles. The molecule has 0 saturated heterocycles. The normalized spacial score (nSPS) is 12.4. The van der Waals surface area contributed by atoms with Gasteiger partial charge in [-0.2, -0.15) is 13.2 Å². The van der Waals surface area contributed by atoms with Crippen molar-refractivity contribution in [2.75, 3.05) is 0 Å². The van der Waals surface area contributed by atoms with Gasteiger partial charge < -0.3 is 4.42 Å². The quantitative estimate of drug-likeness (QED) is 0.766. The number of aromatic nitrogens is 2. The van der Waals surface area contributed by atoms with Gasteiger partial charge in [-0.25, -0.2) is 0 Å². The Morgan fingerprint density at radius 3 is 2.36 bits per heavy atom. The van der Waals surface area contributed by atoms with E-state index in [9.17, 15) is 13.2 Å². The highest BCUT2D eigenvalue weighted by Crippen LogP contribution is 2.27. The van der Waals surface area contributed by atoms with E-state index in [0.717, 1.165) is 6.42 Å². The van der Waals surface area contributed by atoms with E-state index >= 15 is 0 Å². The van der Waals surface area contributed by atoms with Crippen molar-refractivity contribution in [1.29, 1.82) is 0 Å². The van der Waals surface area contributed by atoms with Crippen molar-refractivity contribution in [3.05, 3.63) is 11.8 Å². The Bertz CT molecular complexity index is 293. The van der Waals surface area contributed by atoms with Crippen LogP contribution in [0, 0.1) is 5.92 Å². The first kappa shape index (κ1) is 11.0. The highest BCUT2D eigenvalue weighted by atomic mass is 19.4. The highest BCUT2D eigenvalue weighted by Gasteiger charge is 2.37. The Kier molecular flexibility index (Phi) is 3.13. The molecule has 6 heteroatoms. The van der Waals surface area contributed by atoms with Gasteiger partial charge in [0, 0.05) is 6.42 Å². The van der Waals surface area contributed by atoms with Crippen molar-refractivity contribution >= 4 is 0 Å². The van der Waals surface area contributed by atoms with Crippen molar-refractivity contribution < 1.29 is 17.6 Å². The molecular formula is C8H11F3N2O. The third kappa shape index (κ3) is 3.01. The summed E-state index contributed by atoms with van der Waals surface area (Å²) in [6.07, 6.45) is -3.41. The first-order valence-electron chi connectivity index (χ1n) is 4.29. The SMILES string of the molecule is CC(C)CCc1nnc(C(F)(F)F)o1. The molecule has 0 aliphatic carbocycles. The maximum absolute atomic E-state index is 12.0. The second-order valence-electron chi connectivity index (χ2n) is 3.43. The number of hydrogen-bond acceptors (Lipinski definition) is 3. The summed E-state index contributed by atoms with van der Waals surface area (Å²) in [5, 5.41) is 6.24. The molecular weight excluding hydrogens is 197 g/mol. The zero-order valence-electron chi connectivity index (χ0n) is 7.93. The van der Waals surface area contributed by atoms with E-state index in [-0.39, 0.29) is 5.89 Å². The van der Waals surface area contributed by atoms with Crippen LogP contribution in [0.5, 0.6) is 0 Å². The van der Waals surface area contributed by atoms with Crippen LogP contribution in [0.2, 0.25) is 0 Å². The number of rotatable bonds is 3. The average Bonchev–Trinajstić information content (AvgIpc) is 2.47. The van der Waals surface area contributed by atoms with Crippen LogP contribution in [0.3, 0.4) is 0 Å². The van der Waals surface area contributed by atoms with Crippen molar-refractivity contribution in [2.24, 2.45) is 5.92 Å². The van der Waals surface area contributed by atoms with Gasteiger partial charge in [-0.05, 0) is 12.3 Å². The summed E-state index contributed by atoms with van der Waals surface area (Å²) in [7, 11) is 0. The minimum atomic E-state index is -4.54. The molecule has 14 heavy (non-hydrogen) atoms. The summed E-state index contributed by atoms with van der Waals surface area (Å²) in [6.45, 7) is 3.95. The van der Waals surface area contributed by atoms with Gasteiger partial charge in [-0.1, -0.05) is 13.8 Å². The van der Waals surface area contributed by atoms with E-state index in [1.54, 1.807) is 0 Å². The first-order valence-corrected chi connectivity index (χ1v) is 4.29. The predicted octanol–water partition coefficient (Wildman–Crippen LogP) is 2.68. The Labute approximate surface area is 79.3 Å². The van der Waals surface area contributed by atoms with Crippen molar-refractivity contribution in [3.63, 3.8) is 0 Å². The van der Waals surface area contributed by atoms with Crippen LogP contribution in [-0.2, 0) is 12.6 Å². The minimum Gasteiger partial charge on any atom is -0.417 e. The summed E-state index contributed by atoms with van der Waals surface area (Å²) in [6, 6.07) is 0. The van der Waals surface area contributed by atoms with Gasteiger partial charge in [0.1, 0.15) is 0 Å². The molecule has 1 aromatic heterocycles. The number of nitrogens with zero attached hydrogens (tertiary/aromatic N) is 2. The van der Waals surface area contributed by atoms with Crippen LogP contribution in [0.4, 0.5) is 13.2 Å². The Balaban J connectivity index is 2.60. The fourth-order valence-corrected chi connectivity index (χ4v) is 0.881. The van der Waals surface area contributed by atoms with Crippen molar-refractivity contribution in [1.82, 2.24) is 10.2 Å². The van der Waals surface area contributed by atoms with Crippen molar-refractivity contribution in [3.8, 4) is 0 Å². The Morgan fingerprint density at radius 1 is 1.29 bits per heavy atom. The predicted molar refractivity (Wildman–Crippen MR) is 42.5 cm³/mol. The number of aryl methyl sites for hydroxylation is 1. The zero-order valence-corrected chi connectivity index (χ0v) is 7.93. The second-order valence-corrected chi connectivity index (χ2v) is 3.43. The van der Waals surface area contributed by atoms with E-state index in [4.69, 9.17) is 0 Å². The van der Waals surface area contributed by atoms with Gasteiger partial charge >= 0.3 is 12.1 Å². The largest absolute Gasteiger partial charge is 0.470 e. The topological polar surface area (TPSA) is 38.9 Å². The van der Waals surface area contributed by atoms with Gasteiger partial charge in [-0.15, -0.1) is 10.2 Å². The zero-order chi connectivity index (χ0) is 10.8. The molecule has 0 spiro atoms. The Morgan fingerprint density at radius 2 is 1.93 bits per heavy atom. The fourth-order valence-electron chi connectivity index (χ4n) is 0.881. The summed E-state index contributed by atoms with van der Waals surface area (Å²) >= 11 is 0. The van der Waals surface area contributed by atoms with Gasteiger partial charge in [0.15, 0.2) is 0 Å². The number of alkyl halides is 3. The maximum Gasteiger partial charge on any atom is 0.470 e. The number of hydrogen-bond donors (Lipinski definition) is 0. The second kappa shape index (κ2) is 3.98. The molecule has 1 heterocycles. The van der Waals surface area contributed by atoms with Gasteiger partial charge in [0.25, 0.3) is 0 Å². The third-order valence-corrected chi connectivity index (χ3v) is 1.64. The molecule has 0 bridgehead atoms. The molecule has 3 nitrogen and oxygen atoms in total. The molecule has 0 radical (unpaired) electrons. The van der Waals surface area contributed by atoms with E-state index < -0.39 is 12.1 Å². The molecule has 0 fully saturated rings. The first-order chi connectivity index (χ1) is 6.39. The molecule has 1 rings (SSSR count). The van der Waals surface area contributed by atoms with Gasteiger partial charge in [-0.3, -0.25) is 0 Å². The standard InChI is InChI=1S/C8H11F3N2O/c1-5(2)3-4-6-12-13-7(14-6)8(9,10)11/h5H,3-4H2,1-2H3. The molecule has 0 aromatic carbocycles. The van der Waals surface area contributed by atoms with Crippen LogP contribution < -0.4 is 0 Å². The monoisotopic (exact) mass is 208 g/mol. The van der Waals surface area contributed by atoms with Crippen LogP contribution >= 0.6 is 0 Å². The lowest BCUT2D eigenvalue weighted by atomic mass is 10.1. The fraction of sp³-hybridized carbons (Fsp3) is 0.750. The van der Waals surface area contributed by atoms with E-state index in [1.807, 2.05) is 13.8 Å². The summed E-state index contributed by atoms with van der Waals surface area (Å²) in [4.78, 5) is 0. The summed E-state index contributed by atoms with van der Waals surface area (Å²) < 4.78 is 40.5. The number of halogens is 3. The smallest absolute Gasteiger partial charge is 0.417 e. The lowest BCUT2D eigenvalue weighted by molar-refractivity contribution is -0.157. The molecule has 0 aliphatic heterocycles. The minimum absolute atomic E-state index is 0.0472. The lowest BCUT2D eigenvalue weighted by Crippen LogP contribution is -2.04. The molecule has 0 N–H and O–H groups in total. The Hall–Kier alpha value is -1.07. The lowest BCUT2D eigenvalue weighted by Gasteiger charge is -2.00. The molecule has 0 unspecified atom stereocenters. The van der Waals surface area contributed by atoms with Gasteiger partial charge in [0.05, 0.1) is 0 Å².